The van der Waals surface area contributed by atoms with Gasteiger partial charge in [0.25, 0.3) is 0 Å². The predicted molar refractivity (Wildman–Crippen MR) is 157 cm³/mol. The Balaban J connectivity index is 1.45. The smallest absolute Gasteiger partial charge is 0.405 e. The number of nitrogens with zero attached hydrogens (tertiary/aromatic N) is 4. The molecule has 0 aliphatic carbocycles. The summed E-state index contributed by atoms with van der Waals surface area (Å²) < 4.78 is 80.3. The molecule has 12 heteroatoms. The first-order valence-corrected chi connectivity index (χ1v) is 14.0. The molecule has 0 radical (unpaired) electrons. The number of hydrogen-bond acceptors (Lipinski definition) is 6. The second-order valence-electron chi connectivity index (χ2n) is 10.6. The zero-order chi connectivity index (χ0) is 31.3. The summed E-state index contributed by atoms with van der Waals surface area (Å²) in [5, 5.41) is 3.64. The van der Waals surface area contributed by atoms with Crippen LogP contribution in [0.5, 0.6) is 0 Å². The molecule has 1 aliphatic rings. The number of allylic oxidation sites excluding steroid dienone is 3. The van der Waals surface area contributed by atoms with Gasteiger partial charge in [-0.05, 0) is 97.9 Å². The van der Waals surface area contributed by atoms with Gasteiger partial charge in [0.05, 0.1) is 11.1 Å². The summed E-state index contributed by atoms with van der Waals surface area (Å²) in [6.45, 7) is 2.38. The van der Waals surface area contributed by atoms with Crippen LogP contribution in [-0.4, -0.2) is 39.1 Å². The molecule has 0 bridgehead atoms. The molecule has 0 atom stereocenters. The van der Waals surface area contributed by atoms with E-state index in [1.54, 1.807) is 30.6 Å². The fourth-order valence-electron chi connectivity index (χ4n) is 5.20. The lowest BCUT2D eigenvalue weighted by Crippen LogP contribution is -2.33. The van der Waals surface area contributed by atoms with Gasteiger partial charge in [0.15, 0.2) is 0 Å². The first-order valence-electron chi connectivity index (χ1n) is 14.0. The van der Waals surface area contributed by atoms with Crippen LogP contribution in [0.25, 0.3) is 10.9 Å². The Kier molecular flexibility index (Phi) is 9.19. The van der Waals surface area contributed by atoms with Crippen LogP contribution in [0.3, 0.4) is 0 Å². The molecule has 1 aliphatic heterocycles. The Morgan fingerprint density at radius 1 is 0.909 bits per heavy atom. The number of piperidine rings is 1. The number of likely N-dealkylation sites (tertiary alicyclic amines) is 1. The Hall–Kier alpha value is -4.45. The van der Waals surface area contributed by atoms with E-state index < -0.39 is 29.9 Å². The van der Waals surface area contributed by atoms with Gasteiger partial charge in [-0.1, -0.05) is 12.1 Å². The Morgan fingerprint density at radius 2 is 1.61 bits per heavy atom. The zero-order valence-corrected chi connectivity index (χ0v) is 23.5. The van der Waals surface area contributed by atoms with E-state index in [9.17, 15) is 26.3 Å². The fraction of sp³-hybridized carbons (Fsp3) is 0.281. The van der Waals surface area contributed by atoms with Gasteiger partial charge in [0.1, 0.15) is 11.6 Å². The molecule has 1 saturated heterocycles. The van der Waals surface area contributed by atoms with Crippen LogP contribution in [0.1, 0.15) is 41.3 Å². The molecule has 230 valence electrons. The number of nitrogens with one attached hydrogen (secondary N) is 1. The molecule has 3 heterocycles. The highest BCUT2D eigenvalue weighted by molar-refractivity contribution is 5.91. The first-order chi connectivity index (χ1) is 21.0. The largest absolute Gasteiger partial charge is 0.416 e. The van der Waals surface area contributed by atoms with E-state index in [0.717, 1.165) is 68.5 Å². The minimum Gasteiger partial charge on any atom is -0.405 e. The highest BCUT2D eigenvalue weighted by atomic mass is 19.4. The van der Waals surface area contributed by atoms with E-state index in [2.05, 4.69) is 15.2 Å². The second kappa shape index (κ2) is 13.0. The topological polar surface area (TPSA) is 80.0 Å². The van der Waals surface area contributed by atoms with Crippen molar-refractivity contribution in [3.05, 3.63) is 113 Å². The van der Waals surface area contributed by atoms with Gasteiger partial charge in [-0.25, -0.2) is 9.97 Å². The van der Waals surface area contributed by atoms with Crippen LogP contribution < -0.4 is 11.1 Å². The lowest BCUT2D eigenvalue weighted by molar-refractivity contribution is -0.137. The van der Waals surface area contributed by atoms with E-state index in [1.807, 2.05) is 12.1 Å². The number of benzene rings is 2. The van der Waals surface area contributed by atoms with Gasteiger partial charge in [-0.15, -0.1) is 0 Å². The normalized spacial score (nSPS) is 15.7. The molecule has 1 fully saturated rings. The summed E-state index contributed by atoms with van der Waals surface area (Å²) in [5.74, 6) is 0.892. The molecule has 4 aromatic rings. The average molecular weight is 613 g/mol. The summed E-state index contributed by atoms with van der Waals surface area (Å²) in [4.78, 5) is 16.0. The van der Waals surface area contributed by atoms with Crippen LogP contribution in [0.4, 0.5) is 37.8 Å². The fourth-order valence-corrected chi connectivity index (χ4v) is 5.20. The predicted octanol–water partition coefficient (Wildman–Crippen LogP) is 7.67. The van der Waals surface area contributed by atoms with Crippen molar-refractivity contribution >= 4 is 22.4 Å². The van der Waals surface area contributed by atoms with Gasteiger partial charge < -0.3 is 11.1 Å². The van der Waals surface area contributed by atoms with Crippen molar-refractivity contribution in [1.82, 2.24) is 19.9 Å². The Labute approximate surface area is 250 Å². The maximum Gasteiger partial charge on any atom is 0.416 e. The van der Waals surface area contributed by atoms with Gasteiger partial charge >= 0.3 is 12.4 Å². The quantitative estimate of drug-likeness (QED) is 0.157. The second-order valence-corrected chi connectivity index (χ2v) is 10.6. The number of halogens is 6. The number of hydrogen-bond donors (Lipinski definition) is 2. The van der Waals surface area contributed by atoms with Crippen molar-refractivity contribution in [1.29, 1.82) is 0 Å². The van der Waals surface area contributed by atoms with Gasteiger partial charge in [-0.2, -0.15) is 26.3 Å². The van der Waals surface area contributed by atoms with Crippen LogP contribution >= 0.6 is 0 Å². The molecule has 0 saturated carbocycles. The number of aromatic nitrogens is 3. The van der Waals surface area contributed by atoms with E-state index in [4.69, 9.17) is 15.7 Å². The van der Waals surface area contributed by atoms with Crippen molar-refractivity contribution in [2.24, 2.45) is 5.73 Å². The summed E-state index contributed by atoms with van der Waals surface area (Å²) in [7, 11) is 0. The van der Waals surface area contributed by atoms with Crippen LogP contribution in [-0.2, 0) is 19.1 Å². The molecule has 0 unspecified atom stereocenters. The molecule has 44 heavy (non-hydrogen) atoms. The third-order valence-corrected chi connectivity index (χ3v) is 7.53. The Morgan fingerprint density at radius 3 is 2.25 bits per heavy atom. The van der Waals surface area contributed by atoms with Gasteiger partial charge in [0.2, 0.25) is 0 Å². The third kappa shape index (κ3) is 7.73. The zero-order valence-electron chi connectivity index (χ0n) is 23.5. The van der Waals surface area contributed by atoms with E-state index >= 15 is 0 Å². The summed E-state index contributed by atoms with van der Waals surface area (Å²) in [5.41, 5.74) is 6.08. The van der Waals surface area contributed by atoms with Gasteiger partial charge in [0, 0.05) is 47.9 Å². The molecule has 6 nitrogen and oxygen atoms in total. The minimum absolute atomic E-state index is 0.00905. The van der Waals surface area contributed by atoms with Crippen molar-refractivity contribution in [3.63, 3.8) is 0 Å². The highest BCUT2D eigenvalue weighted by Gasteiger charge is 2.33. The maximum absolute atomic E-state index is 13.7. The van der Waals surface area contributed by atoms with Crippen LogP contribution in [0.2, 0.25) is 0 Å². The van der Waals surface area contributed by atoms with E-state index in [0.29, 0.717) is 33.8 Å². The molecule has 2 aromatic heterocycles. The third-order valence-electron chi connectivity index (χ3n) is 7.53. The van der Waals surface area contributed by atoms with Crippen LogP contribution in [0.15, 0.2) is 90.9 Å². The summed E-state index contributed by atoms with van der Waals surface area (Å²) in [6.07, 6.45) is -1.26. The van der Waals surface area contributed by atoms with E-state index in [1.165, 1.54) is 12.1 Å². The summed E-state index contributed by atoms with van der Waals surface area (Å²) >= 11 is 0. The van der Waals surface area contributed by atoms with Crippen molar-refractivity contribution in [3.8, 4) is 0 Å². The lowest BCUT2D eigenvalue weighted by Gasteiger charge is -2.31. The number of pyridine rings is 1. The van der Waals surface area contributed by atoms with Crippen molar-refractivity contribution in [2.75, 3.05) is 18.4 Å². The maximum atomic E-state index is 13.7. The number of rotatable bonds is 8. The summed E-state index contributed by atoms with van der Waals surface area (Å²) in [6, 6.07) is 13.3. The number of anilines is 2. The van der Waals surface area contributed by atoms with Gasteiger partial charge in [-0.3, -0.25) is 9.88 Å². The average Bonchev–Trinajstić information content (AvgIpc) is 2.99. The molecular weight excluding hydrogens is 582 g/mol. The molecule has 0 amide bonds. The monoisotopic (exact) mass is 612 g/mol. The van der Waals surface area contributed by atoms with Crippen molar-refractivity contribution in [2.45, 2.75) is 44.1 Å². The number of alkyl halides is 6. The standard InChI is InChI=1S/C32H30F6N6/c33-31(34,35)24-4-6-26(7-5-24)41-30-27-8-3-22(18-25(2-1-13-39)32(36,37)38)19-28(27)42-29(43-30)23-11-16-44(17-12-23)20-21-9-14-40-15-10-21/h1-10,13-15,19,23H,11-12,16-18,20,39H2,(H,41,42,43)/b13-1-,25-2+. The van der Waals surface area contributed by atoms with Crippen molar-refractivity contribution < 1.29 is 26.3 Å². The lowest BCUT2D eigenvalue weighted by atomic mass is 9.95. The number of fused-ring (bicyclic) bond motifs is 1. The molecule has 0 spiro atoms. The molecule has 2 aromatic carbocycles. The highest BCUT2D eigenvalue weighted by Crippen LogP contribution is 2.35. The molecule has 3 N–H and O–H groups in total. The number of nitrogens with two attached hydrogens (primary N) is 1. The SMILES string of the molecule is N/C=C\C=C(/Cc1ccc2c(Nc3ccc(C(F)(F)F)cc3)nc(C3CCN(Cc4ccncc4)CC3)nc2c1)C(F)(F)F. The van der Waals surface area contributed by atoms with Crippen LogP contribution in [0, 0.1) is 0 Å². The first kappa shape index (κ1) is 31.0. The minimum atomic E-state index is -4.55. The molecular formula is C32H30F6N6. The molecule has 5 rings (SSSR count). The van der Waals surface area contributed by atoms with E-state index in [-0.39, 0.29) is 5.92 Å². The Bertz CT molecular complexity index is 1620.